The Morgan fingerprint density at radius 1 is 1.26 bits per heavy atom. The summed E-state index contributed by atoms with van der Waals surface area (Å²) in [5.74, 6) is -0.174. The van der Waals surface area contributed by atoms with Crippen LogP contribution in [-0.2, 0) is 16.6 Å². The van der Waals surface area contributed by atoms with Crippen molar-refractivity contribution in [3.8, 4) is 0 Å². The molecule has 0 unspecified atom stereocenters. The van der Waals surface area contributed by atoms with Gasteiger partial charge in [0.1, 0.15) is 0 Å². The van der Waals surface area contributed by atoms with E-state index in [1.165, 1.54) is 0 Å². The zero-order chi connectivity index (χ0) is 16.7. The molecule has 1 aromatic carbocycles. The van der Waals surface area contributed by atoms with Crippen molar-refractivity contribution in [2.24, 2.45) is 0 Å². The SMILES string of the molecule is CCS(=O)(=O)Nc1ccc(C(=O)NCCCn2ccnc2)cc1. The van der Waals surface area contributed by atoms with Gasteiger partial charge in [-0.05, 0) is 37.6 Å². The standard InChI is InChI=1S/C15H20N4O3S/c1-2-23(21,22)18-14-6-4-13(5-7-14)15(20)17-8-3-10-19-11-9-16-12-19/h4-7,9,11-12,18H,2-3,8,10H2,1H3,(H,17,20). The number of hydrogen-bond donors (Lipinski definition) is 2. The molecule has 1 heterocycles. The highest BCUT2D eigenvalue weighted by atomic mass is 32.2. The lowest BCUT2D eigenvalue weighted by molar-refractivity contribution is 0.0952. The maximum atomic E-state index is 12.0. The molecule has 0 aliphatic heterocycles. The van der Waals surface area contributed by atoms with Crippen molar-refractivity contribution < 1.29 is 13.2 Å². The molecule has 23 heavy (non-hydrogen) atoms. The predicted octanol–water partition coefficient (Wildman–Crippen LogP) is 1.46. The van der Waals surface area contributed by atoms with E-state index < -0.39 is 10.0 Å². The van der Waals surface area contributed by atoms with Gasteiger partial charge in [0, 0.05) is 36.7 Å². The highest BCUT2D eigenvalue weighted by molar-refractivity contribution is 7.92. The summed E-state index contributed by atoms with van der Waals surface area (Å²) in [6.45, 7) is 2.91. The lowest BCUT2D eigenvalue weighted by atomic mass is 10.2. The van der Waals surface area contributed by atoms with Gasteiger partial charge in [-0.15, -0.1) is 0 Å². The number of carbonyl (C=O) groups excluding carboxylic acids is 1. The zero-order valence-electron chi connectivity index (χ0n) is 12.9. The minimum atomic E-state index is -3.30. The summed E-state index contributed by atoms with van der Waals surface area (Å²) in [7, 11) is -3.30. The zero-order valence-corrected chi connectivity index (χ0v) is 13.7. The Balaban J connectivity index is 1.80. The fraction of sp³-hybridized carbons (Fsp3) is 0.333. The quantitative estimate of drug-likeness (QED) is 0.714. The Bertz CT molecular complexity index is 725. The number of anilines is 1. The second-order valence-electron chi connectivity index (χ2n) is 4.99. The van der Waals surface area contributed by atoms with E-state index in [0.29, 0.717) is 17.8 Å². The number of carbonyl (C=O) groups is 1. The fourth-order valence-electron chi connectivity index (χ4n) is 1.93. The maximum Gasteiger partial charge on any atom is 0.251 e. The van der Waals surface area contributed by atoms with Gasteiger partial charge < -0.3 is 9.88 Å². The smallest absolute Gasteiger partial charge is 0.251 e. The molecule has 2 aromatic rings. The molecule has 0 spiro atoms. The fourth-order valence-corrected chi connectivity index (χ4v) is 2.57. The van der Waals surface area contributed by atoms with Gasteiger partial charge in [-0.1, -0.05) is 0 Å². The van der Waals surface area contributed by atoms with Gasteiger partial charge in [0.2, 0.25) is 10.0 Å². The van der Waals surface area contributed by atoms with Crippen molar-refractivity contribution in [3.05, 3.63) is 48.5 Å². The van der Waals surface area contributed by atoms with Crippen LogP contribution >= 0.6 is 0 Å². The minimum Gasteiger partial charge on any atom is -0.352 e. The van der Waals surface area contributed by atoms with Crippen LogP contribution in [0, 0.1) is 0 Å². The highest BCUT2D eigenvalue weighted by Gasteiger charge is 2.08. The average molecular weight is 336 g/mol. The van der Waals surface area contributed by atoms with Gasteiger partial charge >= 0.3 is 0 Å². The van der Waals surface area contributed by atoms with Crippen LogP contribution in [0.5, 0.6) is 0 Å². The lowest BCUT2D eigenvalue weighted by Gasteiger charge is -2.08. The van der Waals surface area contributed by atoms with E-state index in [1.54, 1.807) is 43.7 Å². The van der Waals surface area contributed by atoms with Crippen LogP contribution in [0.15, 0.2) is 43.0 Å². The van der Waals surface area contributed by atoms with Crippen molar-refractivity contribution in [2.45, 2.75) is 19.9 Å². The number of nitrogens with zero attached hydrogens (tertiary/aromatic N) is 2. The van der Waals surface area contributed by atoms with E-state index in [2.05, 4.69) is 15.0 Å². The monoisotopic (exact) mass is 336 g/mol. The summed E-state index contributed by atoms with van der Waals surface area (Å²) in [6.07, 6.45) is 6.12. The first-order valence-electron chi connectivity index (χ1n) is 7.34. The molecule has 1 aromatic heterocycles. The molecule has 0 saturated carbocycles. The average Bonchev–Trinajstić information content (AvgIpc) is 3.05. The van der Waals surface area contributed by atoms with Crippen LogP contribution in [0.1, 0.15) is 23.7 Å². The number of hydrogen-bond acceptors (Lipinski definition) is 4. The summed E-state index contributed by atoms with van der Waals surface area (Å²) in [5.41, 5.74) is 0.940. The van der Waals surface area contributed by atoms with Crippen molar-refractivity contribution in [2.75, 3.05) is 17.0 Å². The number of aromatic nitrogens is 2. The Labute approximate surface area is 135 Å². The molecule has 2 N–H and O–H groups in total. The van der Waals surface area contributed by atoms with Crippen LogP contribution in [0.3, 0.4) is 0 Å². The first-order valence-corrected chi connectivity index (χ1v) is 9.00. The number of imidazole rings is 1. The summed E-state index contributed by atoms with van der Waals surface area (Å²) < 4.78 is 27.3. The number of aryl methyl sites for hydroxylation is 1. The maximum absolute atomic E-state index is 12.0. The molecule has 0 atom stereocenters. The third kappa shape index (κ3) is 5.41. The molecule has 1 amide bonds. The van der Waals surface area contributed by atoms with Gasteiger partial charge in [-0.3, -0.25) is 9.52 Å². The van der Waals surface area contributed by atoms with E-state index in [9.17, 15) is 13.2 Å². The van der Waals surface area contributed by atoms with Crippen LogP contribution in [0.2, 0.25) is 0 Å². The third-order valence-corrected chi connectivity index (χ3v) is 4.55. The highest BCUT2D eigenvalue weighted by Crippen LogP contribution is 2.11. The second-order valence-corrected chi connectivity index (χ2v) is 7.00. The minimum absolute atomic E-state index is 0.00610. The first kappa shape index (κ1) is 17.0. The van der Waals surface area contributed by atoms with Gasteiger partial charge in [0.15, 0.2) is 0 Å². The van der Waals surface area contributed by atoms with Gasteiger partial charge in [0.25, 0.3) is 5.91 Å². The van der Waals surface area contributed by atoms with E-state index in [1.807, 2.05) is 10.8 Å². The van der Waals surface area contributed by atoms with Crippen LogP contribution in [0.4, 0.5) is 5.69 Å². The second kappa shape index (κ2) is 7.77. The van der Waals surface area contributed by atoms with E-state index in [-0.39, 0.29) is 11.7 Å². The molecule has 0 bridgehead atoms. The van der Waals surface area contributed by atoms with Crippen molar-refractivity contribution >= 4 is 21.6 Å². The Morgan fingerprint density at radius 3 is 2.61 bits per heavy atom. The lowest BCUT2D eigenvalue weighted by Crippen LogP contribution is -2.25. The van der Waals surface area contributed by atoms with Crippen LogP contribution < -0.4 is 10.0 Å². The largest absolute Gasteiger partial charge is 0.352 e. The number of amides is 1. The van der Waals surface area contributed by atoms with Crippen molar-refractivity contribution in [3.63, 3.8) is 0 Å². The summed E-state index contributed by atoms with van der Waals surface area (Å²) in [4.78, 5) is 15.9. The first-order chi connectivity index (χ1) is 11.0. The summed E-state index contributed by atoms with van der Waals surface area (Å²) in [6, 6.07) is 6.35. The van der Waals surface area contributed by atoms with Crippen molar-refractivity contribution in [1.82, 2.24) is 14.9 Å². The Morgan fingerprint density at radius 2 is 2.00 bits per heavy atom. The molecule has 0 fully saturated rings. The van der Waals surface area contributed by atoms with E-state index in [4.69, 9.17) is 0 Å². The predicted molar refractivity (Wildman–Crippen MR) is 88.7 cm³/mol. The molecule has 7 nitrogen and oxygen atoms in total. The van der Waals surface area contributed by atoms with Crippen LogP contribution in [0.25, 0.3) is 0 Å². The number of sulfonamides is 1. The summed E-state index contributed by atoms with van der Waals surface area (Å²) >= 11 is 0. The topological polar surface area (TPSA) is 93.1 Å². The number of rotatable bonds is 8. The Kier molecular flexibility index (Phi) is 5.75. The number of nitrogens with one attached hydrogen (secondary N) is 2. The molecule has 8 heteroatoms. The molecule has 0 saturated heterocycles. The number of benzene rings is 1. The molecule has 124 valence electrons. The third-order valence-electron chi connectivity index (χ3n) is 3.24. The molecule has 0 aliphatic carbocycles. The van der Waals surface area contributed by atoms with Crippen molar-refractivity contribution in [1.29, 1.82) is 0 Å². The molecular formula is C15H20N4O3S. The van der Waals surface area contributed by atoms with Gasteiger partial charge in [0.05, 0.1) is 12.1 Å². The van der Waals surface area contributed by atoms with Crippen LogP contribution in [-0.4, -0.2) is 36.2 Å². The normalized spacial score (nSPS) is 11.2. The molecular weight excluding hydrogens is 316 g/mol. The van der Waals surface area contributed by atoms with Gasteiger partial charge in [-0.25, -0.2) is 13.4 Å². The Hall–Kier alpha value is -2.35. The van der Waals surface area contributed by atoms with E-state index in [0.717, 1.165) is 13.0 Å². The van der Waals surface area contributed by atoms with E-state index >= 15 is 0 Å². The summed E-state index contributed by atoms with van der Waals surface area (Å²) in [5, 5.41) is 2.83. The van der Waals surface area contributed by atoms with Gasteiger partial charge in [-0.2, -0.15) is 0 Å². The molecule has 2 rings (SSSR count). The molecule has 0 radical (unpaired) electrons. The molecule has 0 aliphatic rings.